The standard InChI is InChI=1S/C18H15ClF3N5O2/c1-27-13(6-7-24-27)17(28)26-15-5-3-11(16(23)25-15)12-8-10(19)2-4-14(12)29-9-18(20,21)22/h2-8H,9H2,1H3,(H3,23,25,26,28). The number of carbonyl (C=O) groups is 1. The van der Waals surface area contributed by atoms with E-state index in [1.165, 1.54) is 47.3 Å². The Balaban J connectivity index is 1.88. The van der Waals surface area contributed by atoms with E-state index in [1.54, 1.807) is 7.05 Å². The van der Waals surface area contributed by atoms with Gasteiger partial charge in [-0.25, -0.2) is 4.98 Å². The molecular weight excluding hydrogens is 411 g/mol. The minimum Gasteiger partial charge on any atom is -0.483 e. The second-order valence-corrected chi connectivity index (χ2v) is 6.40. The Kier molecular flexibility index (Phi) is 5.64. The lowest BCUT2D eigenvalue weighted by molar-refractivity contribution is -0.153. The summed E-state index contributed by atoms with van der Waals surface area (Å²) < 4.78 is 43.8. The molecule has 0 aliphatic heterocycles. The van der Waals surface area contributed by atoms with Crippen LogP contribution in [0.15, 0.2) is 42.6 Å². The van der Waals surface area contributed by atoms with Crippen molar-refractivity contribution >= 4 is 29.1 Å². The van der Waals surface area contributed by atoms with Crippen molar-refractivity contribution in [2.75, 3.05) is 17.7 Å². The van der Waals surface area contributed by atoms with Gasteiger partial charge >= 0.3 is 6.18 Å². The summed E-state index contributed by atoms with van der Waals surface area (Å²) in [5.74, 6) is -0.349. The van der Waals surface area contributed by atoms with Gasteiger partial charge in [0.05, 0.1) is 0 Å². The fourth-order valence-electron chi connectivity index (χ4n) is 2.55. The number of anilines is 2. The number of benzene rings is 1. The molecular formula is C18H15ClF3N5O2. The van der Waals surface area contributed by atoms with Gasteiger partial charge in [0.15, 0.2) is 6.61 Å². The zero-order chi connectivity index (χ0) is 21.2. The first kappa shape index (κ1) is 20.5. The van der Waals surface area contributed by atoms with Crippen LogP contribution in [0.25, 0.3) is 11.1 Å². The van der Waals surface area contributed by atoms with Gasteiger partial charge < -0.3 is 15.8 Å². The van der Waals surface area contributed by atoms with Crippen LogP contribution in [0.3, 0.4) is 0 Å². The lowest BCUT2D eigenvalue weighted by Gasteiger charge is -2.15. The number of hydrogen-bond acceptors (Lipinski definition) is 5. The molecule has 0 atom stereocenters. The quantitative estimate of drug-likeness (QED) is 0.646. The highest BCUT2D eigenvalue weighted by Gasteiger charge is 2.29. The van der Waals surface area contributed by atoms with Gasteiger partial charge in [-0.1, -0.05) is 11.6 Å². The maximum atomic E-state index is 12.5. The molecule has 3 rings (SSSR count). The van der Waals surface area contributed by atoms with Crippen LogP contribution in [0.4, 0.5) is 24.8 Å². The maximum absolute atomic E-state index is 12.5. The minimum absolute atomic E-state index is 0.0214. The minimum atomic E-state index is -4.50. The number of nitrogens with two attached hydrogens (primary N) is 1. The van der Waals surface area contributed by atoms with Crippen LogP contribution >= 0.6 is 11.6 Å². The molecule has 152 valence electrons. The summed E-state index contributed by atoms with van der Waals surface area (Å²) in [6.07, 6.45) is -3.03. The van der Waals surface area contributed by atoms with Gasteiger partial charge in [-0.3, -0.25) is 9.48 Å². The molecule has 0 aliphatic carbocycles. The first-order chi connectivity index (χ1) is 13.6. The van der Waals surface area contributed by atoms with Crippen molar-refractivity contribution < 1.29 is 22.7 Å². The average Bonchev–Trinajstić information content (AvgIpc) is 3.06. The predicted octanol–water partition coefficient (Wildman–Crippen LogP) is 3.91. The number of alkyl halides is 3. The predicted molar refractivity (Wildman–Crippen MR) is 102 cm³/mol. The van der Waals surface area contributed by atoms with E-state index in [1.807, 2.05) is 0 Å². The number of amides is 1. The van der Waals surface area contributed by atoms with Gasteiger partial charge in [0.1, 0.15) is 23.1 Å². The average molecular weight is 426 g/mol. The van der Waals surface area contributed by atoms with Crippen LogP contribution in [-0.2, 0) is 7.05 Å². The molecule has 3 aromatic rings. The van der Waals surface area contributed by atoms with Crippen molar-refractivity contribution in [3.05, 3.63) is 53.3 Å². The van der Waals surface area contributed by atoms with Crippen LogP contribution in [0.2, 0.25) is 5.02 Å². The van der Waals surface area contributed by atoms with E-state index in [0.717, 1.165) is 0 Å². The molecule has 0 aliphatic rings. The van der Waals surface area contributed by atoms with Crippen molar-refractivity contribution in [3.8, 4) is 16.9 Å². The van der Waals surface area contributed by atoms with Crippen molar-refractivity contribution in [1.29, 1.82) is 0 Å². The fraction of sp³-hybridized carbons (Fsp3) is 0.167. The first-order valence-corrected chi connectivity index (χ1v) is 8.57. The Morgan fingerprint density at radius 3 is 2.62 bits per heavy atom. The van der Waals surface area contributed by atoms with E-state index in [-0.39, 0.29) is 28.0 Å². The summed E-state index contributed by atoms with van der Waals surface area (Å²) in [7, 11) is 1.61. The summed E-state index contributed by atoms with van der Waals surface area (Å²) in [5, 5.41) is 6.77. The Bertz CT molecular complexity index is 1050. The number of rotatable bonds is 5. The van der Waals surface area contributed by atoms with Crippen LogP contribution in [-0.4, -0.2) is 33.5 Å². The lowest BCUT2D eigenvalue weighted by atomic mass is 10.1. The number of carbonyl (C=O) groups excluding carboxylic acids is 1. The van der Waals surface area contributed by atoms with Gasteiger partial charge in [0.2, 0.25) is 0 Å². The van der Waals surface area contributed by atoms with Crippen LogP contribution in [0, 0.1) is 0 Å². The molecule has 1 amide bonds. The second kappa shape index (κ2) is 8.00. The number of hydrogen-bond donors (Lipinski definition) is 2. The molecule has 2 heterocycles. The molecule has 1 aromatic carbocycles. The van der Waals surface area contributed by atoms with E-state index < -0.39 is 18.7 Å². The summed E-state index contributed by atoms with van der Waals surface area (Å²) >= 11 is 5.98. The Morgan fingerprint density at radius 1 is 1.24 bits per heavy atom. The highest BCUT2D eigenvalue weighted by Crippen LogP contribution is 2.36. The van der Waals surface area contributed by atoms with Crippen molar-refractivity contribution in [2.45, 2.75) is 6.18 Å². The number of ether oxygens (including phenoxy) is 1. The molecule has 7 nitrogen and oxygen atoms in total. The molecule has 11 heteroatoms. The first-order valence-electron chi connectivity index (χ1n) is 8.19. The molecule has 0 radical (unpaired) electrons. The SMILES string of the molecule is Cn1nccc1C(=O)Nc1ccc(-c2cc(Cl)ccc2OCC(F)(F)F)c(N)n1. The maximum Gasteiger partial charge on any atom is 0.422 e. The Morgan fingerprint density at radius 2 is 2.00 bits per heavy atom. The van der Waals surface area contributed by atoms with Gasteiger partial charge in [-0.05, 0) is 36.4 Å². The molecule has 0 fully saturated rings. The molecule has 3 N–H and O–H groups in total. The topological polar surface area (TPSA) is 95.1 Å². The smallest absolute Gasteiger partial charge is 0.422 e. The number of nitrogen functional groups attached to an aromatic ring is 1. The number of pyridine rings is 1. The van der Waals surface area contributed by atoms with Crippen molar-refractivity contribution in [3.63, 3.8) is 0 Å². The van der Waals surface area contributed by atoms with Crippen LogP contribution in [0.5, 0.6) is 5.75 Å². The van der Waals surface area contributed by atoms with Gasteiger partial charge in [-0.2, -0.15) is 18.3 Å². The Labute approximate surface area is 168 Å². The monoisotopic (exact) mass is 425 g/mol. The third-order valence-electron chi connectivity index (χ3n) is 3.84. The van der Waals surface area contributed by atoms with Crippen LogP contribution < -0.4 is 15.8 Å². The van der Waals surface area contributed by atoms with E-state index in [9.17, 15) is 18.0 Å². The second-order valence-electron chi connectivity index (χ2n) is 5.97. The lowest BCUT2D eigenvalue weighted by Crippen LogP contribution is -2.19. The largest absolute Gasteiger partial charge is 0.483 e. The molecule has 0 saturated carbocycles. The number of nitrogens with one attached hydrogen (secondary N) is 1. The summed E-state index contributed by atoms with van der Waals surface area (Å²) in [5.41, 5.74) is 6.85. The highest BCUT2D eigenvalue weighted by molar-refractivity contribution is 6.31. The number of aryl methyl sites for hydroxylation is 1. The number of nitrogens with zero attached hydrogens (tertiary/aromatic N) is 3. The van der Waals surface area contributed by atoms with E-state index in [4.69, 9.17) is 22.1 Å². The van der Waals surface area contributed by atoms with Gasteiger partial charge in [-0.15, -0.1) is 0 Å². The zero-order valence-corrected chi connectivity index (χ0v) is 15.8. The van der Waals surface area contributed by atoms with Crippen molar-refractivity contribution in [2.24, 2.45) is 7.05 Å². The highest BCUT2D eigenvalue weighted by atomic mass is 35.5. The fourth-order valence-corrected chi connectivity index (χ4v) is 2.72. The van der Waals surface area contributed by atoms with Gasteiger partial charge in [0, 0.05) is 29.4 Å². The van der Waals surface area contributed by atoms with E-state index in [2.05, 4.69) is 15.4 Å². The third-order valence-corrected chi connectivity index (χ3v) is 4.08. The zero-order valence-electron chi connectivity index (χ0n) is 15.0. The number of halogens is 4. The van der Waals surface area contributed by atoms with Gasteiger partial charge in [0.25, 0.3) is 5.91 Å². The normalized spacial score (nSPS) is 11.3. The molecule has 0 unspecified atom stereocenters. The molecule has 29 heavy (non-hydrogen) atoms. The molecule has 0 bridgehead atoms. The molecule has 0 saturated heterocycles. The third kappa shape index (κ3) is 4.96. The van der Waals surface area contributed by atoms with E-state index >= 15 is 0 Å². The van der Waals surface area contributed by atoms with Crippen LogP contribution in [0.1, 0.15) is 10.5 Å². The van der Waals surface area contributed by atoms with Crippen molar-refractivity contribution in [1.82, 2.24) is 14.8 Å². The molecule has 2 aromatic heterocycles. The van der Waals surface area contributed by atoms with E-state index in [0.29, 0.717) is 11.3 Å². The number of aromatic nitrogens is 3. The summed E-state index contributed by atoms with van der Waals surface area (Å²) in [6, 6.07) is 8.66. The Hall–Kier alpha value is -3.27. The molecule has 0 spiro atoms. The summed E-state index contributed by atoms with van der Waals surface area (Å²) in [4.78, 5) is 16.3. The summed E-state index contributed by atoms with van der Waals surface area (Å²) in [6.45, 7) is -1.46.